The van der Waals surface area contributed by atoms with Crippen LogP contribution in [0.5, 0.6) is 0 Å². The molecule has 0 atom stereocenters. The number of halogens is 18. The van der Waals surface area contributed by atoms with Crippen LogP contribution in [0.25, 0.3) is 0 Å². The van der Waals surface area contributed by atoms with E-state index in [0.717, 1.165) is 6.54 Å². The Kier molecular flexibility index (Phi) is 12.8. The van der Waals surface area contributed by atoms with Crippen molar-refractivity contribution in [2.24, 2.45) is 0 Å². The Labute approximate surface area is 310 Å². The molecule has 1 N–H and O–H groups in total. The van der Waals surface area contributed by atoms with Crippen LogP contribution in [0.15, 0.2) is 54.6 Å². The average molecular weight is 859 g/mol. The second kappa shape index (κ2) is 16.1. The molecule has 0 aromatic heterocycles. The molecule has 288 valence electrons. The van der Waals surface area contributed by atoms with E-state index >= 15 is 26.3 Å². The van der Waals surface area contributed by atoms with Gasteiger partial charge in [0.25, 0.3) is 0 Å². The molecule has 0 aliphatic rings. The van der Waals surface area contributed by atoms with Crippen molar-refractivity contribution in [1.82, 2.24) is 0 Å². The Bertz CT molecular complexity index is 1980. The number of hydrogen-bond acceptors (Lipinski definition) is 0. The maximum atomic E-state index is 15.5. The number of rotatable bonds is 7. The summed E-state index contributed by atoms with van der Waals surface area (Å²) in [7, 11) is 4.32. The molecule has 21 heteroatoms. The number of hydrogen-bond donors (Lipinski definition) is 1. The molecule has 0 amide bonds. The molecule has 54 heavy (non-hydrogen) atoms. The van der Waals surface area contributed by atoms with Crippen molar-refractivity contribution in [3.05, 3.63) is 147 Å². The summed E-state index contributed by atoms with van der Waals surface area (Å²) in [4.78, 5) is 1.46. The van der Waals surface area contributed by atoms with Crippen LogP contribution in [0.2, 0.25) is 0 Å². The smallest absolute Gasteiger partial charge is 0.336 e. The van der Waals surface area contributed by atoms with E-state index in [1.165, 1.54) is 10.5 Å². The first-order valence-corrected chi connectivity index (χ1v) is 19.8. The van der Waals surface area contributed by atoms with Crippen LogP contribution in [0.4, 0.5) is 65.9 Å². The van der Waals surface area contributed by atoms with Crippen molar-refractivity contribution in [3.8, 4) is 0 Å². The number of nitrogens with one attached hydrogen (secondary N) is 1. The van der Waals surface area contributed by atoms with Gasteiger partial charge in [0, 0.05) is 5.56 Å². The van der Waals surface area contributed by atoms with Crippen LogP contribution < -0.4 is 31.9 Å². The normalized spacial score (nSPS) is 11.9. The Balaban J connectivity index is 0.000000562. The van der Waals surface area contributed by atoms with Crippen molar-refractivity contribution in [2.45, 2.75) is 6.54 Å². The second-order valence-corrected chi connectivity index (χ2v) is 20.2. The first-order valence-electron chi connectivity index (χ1n) is 14.7. The molecule has 0 saturated heterocycles. The van der Waals surface area contributed by atoms with Crippen molar-refractivity contribution in [1.29, 1.82) is 0 Å². The lowest BCUT2D eigenvalue weighted by Gasteiger charge is -2.44. The summed E-state index contributed by atoms with van der Waals surface area (Å²) in [6, 6.07) is 8.16. The molecule has 0 heterocycles. The molecule has 0 aliphatic carbocycles. The van der Waals surface area contributed by atoms with E-state index < -0.39 is 121 Å². The Hall–Kier alpha value is -3.84. The fraction of sp³-hybridized carbons (Fsp3) is 0.0909. The molecule has 5 aromatic carbocycles. The molecule has 0 fully saturated rings. The van der Waals surface area contributed by atoms with Crippen molar-refractivity contribution < 1.29 is 70.8 Å². The lowest BCUT2D eigenvalue weighted by atomic mass is 9.12. The van der Waals surface area contributed by atoms with Crippen molar-refractivity contribution >= 4 is 72.4 Å². The van der Waals surface area contributed by atoms with Crippen molar-refractivity contribution in [3.63, 3.8) is 0 Å². The van der Waals surface area contributed by atoms with E-state index in [-0.39, 0.29) is 17.3 Å². The molecular formula is C33H18BCl3F15NSi. The third kappa shape index (κ3) is 7.42. The van der Waals surface area contributed by atoms with Gasteiger partial charge in [-0.3, -0.25) is 0 Å². The predicted molar refractivity (Wildman–Crippen MR) is 175 cm³/mol. The molecule has 0 radical (unpaired) electrons. The highest BCUT2D eigenvalue weighted by Crippen LogP contribution is 2.28. The van der Waals surface area contributed by atoms with Crippen LogP contribution >= 0.6 is 33.2 Å². The summed E-state index contributed by atoms with van der Waals surface area (Å²) in [6.07, 6.45) is -5.89. The first kappa shape index (κ1) is 42.9. The zero-order valence-corrected chi connectivity index (χ0v) is 30.1. The van der Waals surface area contributed by atoms with Gasteiger partial charge in [-0.2, -0.15) is 5.46 Å². The fourth-order valence-corrected chi connectivity index (χ4v) is 7.58. The number of quaternary nitrogens is 1. The van der Waals surface area contributed by atoms with Gasteiger partial charge in [-0.25, -0.2) is 65.9 Å². The van der Waals surface area contributed by atoms with Gasteiger partial charge >= 0.3 is 6.00 Å². The van der Waals surface area contributed by atoms with Gasteiger partial charge in [0.1, 0.15) is 47.6 Å². The minimum atomic E-state index is -5.89. The third-order valence-corrected chi connectivity index (χ3v) is 11.1. The standard InChI is InChI=1S/C24H4BCl3F15Si.C9H13N/c26-44(27,28)6-3-1-5(2-4-6)25(7-10(29)16(35)22(41)17(36)11(7)30,8-12(31)18(37)23(42)19(38)13(8)32)9-14(33)20(39)24(43)21(40)15(9)34;1-10(2)8-9-6-4-3-5-7-9/h1-4H;3-7H,8H2,1-2H3/q-1;/p+1. The zero-order valence-electron chi connectivity index (χ0n) is 26.8. The van der Waals surface area contributed by atoms with E-state index in [9.17, 15) is 39.5 Å². The molecule has 0 saturated carbocycles. The maximum absolute atomic E-state index is 15.5. The summed E-state index contributed by atoms with van der Waals surface area (Å²) >= 11 is 17.4. The van der Waals surface area contributed by atoms with Crippen LogP contribution in [0, 0.1) is 87.3 Å². The van der Waals surface area contributed by atoms with Gasteiger partial charge in [0.05, 0.1) is 14.1 Å². The molecule has 1 nitrogen and oxygen atoms in total. The van der Waals surface area contributed by atoms with Gasteiger partial charge in [0.2, 0.25) is 0 Å². The van der Waals surface area contributed by atoms with Crippen LogP contribution in [0.3, 0.4) is 0 Å². The van der Waals surface area contributed by atoms with Gasteiger partial charge in [-0.1, -0.05) is 54.6 Å². The molecule has 5 aromatic rings. The highest BCUT2D eigenvalue weighted by molar-refractivity contribution is 7.69. The minimum absolute atomic E-state index is 0.262. The summed E-state index contributed by atoms with van der Waals surface area (Å²) < 4.78 is 223. The predicted octanol–water partition coefficient (Wildman–Crippen LogP) is 6.34. The Morgan fingerprint density at radius 2 is 0.704 bits per heavy atom. The highest BCUT2D eigenvalue weighted by Gasteiger charge is 2.49. The molecular weight excluding hydrogens is 841 g/mol. The Morgan fingerprint density at radius 1 is 0.426 bits per heavy atom. The quantitative estimate of drug-likeness (QED) is 0.0642. The maximum Gasteiger partial charge on any atom is 0.372 e. The van der Waals surface area contributed by atoms with E-state index in [1.54, 1.807) is 0 Å². The van der Waals surface area contributed by atoms with Crippen LogP contribution in [-0.4, -0.2) is 26.2 Å². The van der Waals surface area contributed by atoms with E-state index in [4.69, 9.17) is 33.2 Å². The van der Waals surface area contributed by atoms with Crippen LogP contribution in [0.1, 0.15) is 5.56 Å². The second-order valence-electron chi connectivity index (χ2n) is 11.8. The first-order chi connectivity index (χ1) is 25.0. The highest BCUT2D eigenvalue weighted by atomic mass is 35.8. The Morgan fingerprint density at radius 3 is 0.963 bits per heavy atom. The van der Waals surface area contributed by atoms with Crippen LogP contribution in [-0.2, 0) is 6.54 Å². The summed E-state index contributed by atoms with van der Waals surface area (Å²) in [5, 5.41) is -0.372. The molecule has 0 aliphatic heterocycles. The van der Waals surface area contributed by atoms with Gasteiger partial charge in [0.15, 0.2) is 52.4 Å². The largest absolute Gasteiger partial charge is 0.372 e. The average Bonchev–Trinajstić information content (AvgIpc) is 3.13. The summed E-state index contributed by atoms with van der Waals surface area (Å²) in [6.45, 7) is 1.11. The fourth-order valence-electron chi connectivity index (χ4n) is 5.90. The monoisotopic (exact) mass is 857 g/mol. The molecule has 0 spiro atoms. The SMILES string of the molecule is C[NH+](C)Cc1ccccc1.Fc1c(F)c(F)c([B-](c2ccc([Si](Cl)(Cl)Cl)cc2)(c2c(F)c(F)c(F)c(F)c2F)c2c(F)c(F)c(F)c(F)c2F)c(F)c1F. The van der Waals surface area contributed by atoms with E-state index in [2.05, 4.69) is 44.4 Å². The minimum Gasteiger partial charge on any atom is -0.336 e. The number of benzene rings is 5. The molecule has 0 unspecified atom stereocenters. The topological polar surface area (TPSA) is 4.44 Å². The molecule has 0 bridgehead atoms. The summed E-state index contributed by atoms with van der Waals surface area (Å²) in [5.41, 5.74) is -8.40. The lowest BCUT2D eigenvalue weighted by molar-refractivity contribution is -0.872. The summed E-state index contributed by atoms with van der Waals surface area (Å²) in [5.74, 6) is -46.3. The van der Waals surface area contributed by atoms with E-state index in [1.807, 2.05) is 0 Å². The van der Waals surface area contributed by atoms with Crippen molar-refractivity contribution in [2.75, 3.05) is 14.1 Å². The van der Waals surface area contributed by atoms with Gasteiger partial charge in [-0.15, -0.1) is 49.6 Å². The lowest BCUT2D eigenvalue weighted by Crippen LogP contribution is -3.04. The van der Waals surface area contributed by atoms with Gasteiger partial charge in [-0.05, 0) is 5.19 Å². The third-order valence-electron chi connectivity index (χ3n) is 8.17. The zero-order chi connectivity index (χ0) is 40.8. The van der Waals surface area contributed by atoms with E-state index in [0.29, 0.717) is 12.1 Å². The molecule has 5 rings (SSSR count). The van der Waals surface area contributed by atoms with Gasteiger partial charge < -0.3 is 4.90 Å².